The molecule has 0 fully saturated rings. The Bertz CT molecular complexity index is 283. The van der Waals surface area contributed by atoms with E-state index in [0.717, 1.165) is 18.7 Å². The zero-order valence-corrected chi connectivity index (χ0v) is 20.2. The number of methoxy groups -OCH3 is 1. The van der Waals surface area contributed by atoms with Crippen LogP contribution < -0.4 is 0 Å². The topological polar surface area (TPSA) is 27.7 Å². The van der Waals surface area contributed by atoms with E-state index < -0.39 is 8.56 Å². The van der Waals surface area contributed by atoms with E-state index in [4.69, 9.17) is 13.6 Å². The molecule has 27 heavy (non-hydrogen) atoms. The minimum absolute atomic E-state index is 0.664. The number of hydrogen-bond donors (Lipinski definition) is 0. The molecule has 0 spiro atoms. The van der Waals surface area contributed by atoms with Crippen molar-refractivity contribution in [3.05, 3.63) is 0 Å². The van der Waals surface area contributed by atoms with E-state index in [2.05, 4.69) is 20.8 Å². The lowest BCUT2D eigenvalue weighted by Crippen LogP contribution is -2.41. The summed E-state index contributed by atoms with van der Waals surface area (Å²) in [7, 11) is -0.244. The molecule has 0 aliphatic rings. The molecule has 0 unspecified atom stereocenters. The largest absolute Gasteiger partial charge is 0.394 e. The third kappa shape index (κ3) is 16.7. The number of unbranched alkanes of at least 4 members (excludes halogenated alkanes) is 13. The van der Waals surface area contributed by atoms with Crippen LogP contribution in [0.4, 0.5) is 0 Å². The van der Waals surface area contributed by atoms with E-state index in [1.54, 1.807) is 7.11 Å². The molecule has 0 saturated carbocycles. The lowest BCUT2D eigenvalue weighted by Gasteiger charge is -2.28. The summed E-state index contributed by atoms with van der Waals surface area (Å²) < 4.78 is 17.4. The second-order valence-electron chi connectivity index (χ2n) is 7.90. The highest BCUT2D eigenvalue weighted by molar-refractivity contribution is 6.67. The molecule has 0 aliphatic heterocycles. The van der Waals surface area contributed by atoms with Crippen LogP contribution in [-0.4, -0.2) is 35.5 Å². The van der Waals surface area contributed by atoms with Crippen LogP contribution in [0.15, 0.2) is 0 Å². The van der Waals surface area contributed by atoms with Crippen LogP contribution in [0.5, 0.6) is 0 Å². The maximum absolute atomic E-state index is 6.24. The van der Waals surface area contributed by atoms with Crippen LogP contribution in [0.1, 0.15) is 111 Å². The van der Waals surface area contributed by atoms with Crippen molar-refractivity contribution in [2.24, 2.45) is 0 Å². The summed E-state index contributed by atoms with van der Waals surface area (Å²) in [6.07, 6.45) is 19.5. The summed E-state index contributed by atoms with van der Waals surface area (Å²) in [5.74, 6) is 0. The third-order valence-corrected chi connectivity index (χ3v) is 9.21. The van der Waals surface area contributed by atoms with Gasteiger partial charge in [0, 0.05) is 13.7 Å². The first-order valence-electron chi connectivity index (χ1n) is 12.0. The molecule has 0 radical (unpaired) electrons. The van der Waals surface area contributed by atoms with E-state index in [1.807, 2.05) is 0 Å². The molecule has 0 aliphatic carbocycles. The van der Waals surface area contributed by atoms with Crippen molar-refractivity contribution in [2.45, 2.75) is 123 Å². The minimum atomic E-state index is -1.97. The zero-order chi connectivity index (χ0) is 20.1. The van der Waals surface area contributed by atoms with Crippen molar-refractivity contribution in [2.75, 3.05) is 26.9 Å². The molecule has 0 aromatic carbocycles. The van der Waals surface area contributed by atoms with Gasteiger partial charge in [0.15, 0.2) is 0 Å². The van der Waals surface area contributed by atoms with E-state index in [0.29, 0.717) is 13.2 Å². The second-order valence-corrected chi connectivity index (χ2v) is 11.7. The molecule has 0 bridgehead atoms. The van der Waals surface area contributed by atoms with Gasteiger partial charge in [0.1, 0.15) is 0 Å². The van der Waals surface area contributed by atoms with Crippen LogP contribution in [0, 0.1) is 0 Å². The summed E-state index contributed by atoms with van der Waals surface area (Å²) in [6.45, 7) is 8.90. The highest BCUT2D eigenvalue weighted by Crippen LogP contribution is 2.19. The summed E-state index contributed by atoms with van der Waals surface area (Å²) in [4.78, 5) is 0. The van der Waals surface area contributed by atoms with Crippen molar-refractivity contribution in [3.63, 3.8) is 0 Å². The van der Waals surface area contributed by atoms with Gasteiger partial charge in [-0.3, -0.25) is 0 Å². The van der Waals surface area contributed by atoms with Gasteiger partial charge in [0.25, 0.3) is 0 Å². The fourth-order valence-corrected chi connectivity index (χ4v) is 5.94. The van der Waals surface area contributed by atoms with Crippen molar-refractivity contribution in [3.8, 4) is 0 Å². The normalized spacial score (nSPS) is 12.0. The van der Waals surface area contributed by atoms with Gasteiger partial charge in [-0.05, 0) is 18.5 Å². The van der Waals surface area contributed by atoms with Gasteiger partial charge >= 0.3 is 8.56 Å². The lowest BCUT2D eigenvalue weighted by atomic mass is 10.0. The average molecular weight is 403 g/mol. The summed E-state index contributed by atoms with van der Waals surface area (Å²) >= 11 is 0. The predicted molar refractivity (Wildman–Crippen MR) is 121 cm³/mol. The molecule has 164 valence electrons. The van der Waals surface area contributed by atoms with Gasteiger partial charge in [0.2, 0.25) is 0 Å². The van der Waals surface area contributed by atoms with Crippen molar-refractivity contribution in [1.82, 2.24) is 0 Å². The molecule has 0 heterocycles. The Hall–Kier alpha value is 0.0969. The standard InChI is InChI=1S/C23H50O3Si/c1-5-8-9-10-11-12-13-14-15-16-17-18-19-20-21-25-27(6-2,7-3)26-23-22-24-4/h5-23H2,1-4H3. The van der Waals surface area contributed by atoms with Crippen LogP contribution >= 0.6 is 0 Å². The SMILES string of the molecule is CCCCCCCCCCCCCCCCO[Si](CC)(CC)OCCOC. The Kier molecular flexibility index (Phi) is 20.9. The molecule has 0 saturated heterocycles. The highest BCUT2D eigenvalue weighted by Gasteiger charge is 2.33. The summed E-state index contributed by atoms with van der Waals surface area (Å²) in [5.41, 5.74) is 0. The molecule has 0 N–H and O–H groups in total. The van der Waals surface area contributed by atoms with Crippen molar-refractivity contribution < 1.29 is 13.6 Å². The second kappa shape index (κ2) is 20.8. The minimum Gasteiger partial charge on any atom is -0.394 e. The fraction of sp³-hybridized carbons (Fsp3) is 1.00. The van der Waals surface area contributed by atoms with E-state index >= 15 is 0 Å². The Morgan fingerprint density at radius 2 is 0.889 bits per heavy atom. The van der Waals surface area contributed by atoms with Crippen LogP contribution in [0.3, 0.4) is 0 Å². The Balaban J connectivity index is 3.42. The quantitative estimate of drug-likeness (QED) is 0.138. The Morgan fingerprint density at radius 1 is 0.481 bits per heavy atom. The van der Waals surface area contributed by atoms with Crippen LogP contribution in [0.25, 0.3) is 0 Å². The smallest absolute Gasteiger partial charge is 0.337 e. The van der Waals surface area contributed by atoms with Gasteiger partial charge in [-0.2, -0.15) is 0 Å². The molecular formula is C23H50O3Si. The monoisotopic (exact) mass is 402 g/mol. The third-order valence-electron chi connectivity index (χ3n) is 5.59. The Morgan fingerprint density at radius 3 is 1.30 bits per heavy atom. The number of rotatable bonds is 22. The molecule has 4 heteroatoms. The molecule has 0 atom stereocenters. The number of ether oxygens (including phenoxy) is 1. The first-order chi connectivity index (χ1) is 13.2. The Labute approximate surface area is 172 Å². The molecule has 0 aromatic rings. The number of hydrogen-bond acceptors (Lipinski definition) is 3. The van der Waals surface area contributed by atoms with Crippen LogP contribution in [0.2, 0.25) is 12.1 Å². The first-order valence-corrected chi connectivity index (χ1v) is 14.2. The van der Waals surface area contributed by atoms with Crippen molar-refractivity contribution >= 4 is 8.56 Å². The molecule has 0 amide bonds. The van der Waals surface area contributed by atoms with Gasteiger partial charge in [-0.15, -0.1) is 0 Å². The van der Waals surface area contributed by atoms with E-state index in [-0.39, 0.29) is 0 Å². The van der Waals surface area contributed by atoms with E-state index in [1.165, 1.54) is 89.9 Å². The maximum atomic E-state index is 6.24. The van der Waals surface area contributed by atoms with Gasteiger partial charge < -0.3 is 13.6 Å². The van der Waals surface area contributed by atoms with Gasteiger partial charge in [-0.1, -0.05) is 104 Å². The van der Waals surface area contributed by atoms with Gasteiger partial charge in [0.05, 0.1) is 13.2 Å². The van der Waals surface area contributed by atoms with Gasteiger partial charge in [-0.25, -0.2) is 0 Å². The van der Waals surface area contributed by atoms with Crippen LogP contribution in [-0.2, 0) is 13.6 Å². The average Bonchev–Trinajstić information content (AvgIpc) is 2.69. The highest BCUT2D eigenvalue weighted by atomic mass is 28.4. The fourth-order valence-electron chi connectivity index (χ4n) is 3.57. The first kappa shape index (κ1) is 27.1. The lowest BCUT2D eigenvalue weighted by molar-refractivity contribution is 0.107. The summed E-state index contributed by atoms with van der Waals surface area (Å²) in [5, 5.41) is 0. The summed E-state index contributed by atoms with van der Waals surface area (Å²) in [6, 6.07) is 2.07. The maximum Gasteiger partial charge on any atom is 0.337 e. The predicted octanol–water partition coefficient (Wildman–Crippen LogP) is 7.63. The molecule has 0 aromatic heterocycles. The van der Waals surface area contributed by atoms with Crippen molar-refractivity contribution in [1.29, 1.82) is 0 Å². The van der Waals surface area contributed by atoms with E-state index in [9.17, 15) is 0 Å². The zero-order valence-electron chi connectivity index (χ0n) is 19.2. The molecular weight excluding hydrogens is 352 g/mol. The molecule has 3 nitrogen and oxygen atoms in total. The molecule has 0 rings (SSSR count).